The molecule has 2 saturated heterocycles. The van der Waals surface area contributed by atoms with Crippen molar-refractivity contribution in [3.63, 3.8) is 0 Å². The third-order valence-corrected chi connectivity index (χ3v) is 9.59. The van der Waals surface area contributed by atoms with Gasteiger partial charge < -0.3 is 29.7 Å². The monoisotopic (exact) mass is 708 g/mol. The van der Waals surface area contributed by atoms with Crippen molar-refractivity contribution in [1.29, 1.82) is 0 Å². The minimum Gasteiger partial charge on any atom is -0.495 e. The number of halogens is 2. The number of nitrogens with zero attached hydrogens (tertiary/aromatic N) is 6. The average Bonchev–Trinajstić information content (AvgIpc) is 3.75. The molecule has 0 saturated carbocycles. The summed E-state index contributed by atoms with van der Waals surface area (Å²) in [4.78, 5) is 42.7. The fourth-order valence-electron chi connectivity index (χ4n) is 6.22. The van der Waals surface area contributed by atoms with Crippen LogP contribution in [0, 0.1) is 0 Å². The summed E-state index contributed by atoms with van der Waals surface area (Å²) in [6.07, 6.45) is 7.86. The van der Waals surface area contributed by atoms with Crippen LogP contribution in [0.5, 0.6) is 11.5 Å². The molecule has 15 heteroatoms. The molecule has 2 atom stereocenters. The molecule has 0 spiro atoms. The molecule has 2 fully saturated rings. The number of carbonyl (C=O) groups excluding carboxylic acids is 2. The lowest BCUT2D eigenvalue weighted by Gasteiger charge is -2.34. The van der Waals surface area contributed by atoms with E-state index in [9.17, 15) is 9.59 Å². The second-order valence-electron chi connectivity index (χ2n) is 11.8. The lowest BCUT2D eigenvalue weighted by molar-refractivity contribution is -0.127. The highest BCUT2D eigenvalue weighted by molar-refractivity contribution is 6.41. The van der Waals surface area contributed by atoms with Crippen molar-refractivity contribution in [3.8, 4) is 22.6 Å². The van der Waals surface area contributed by atoms with E-state index in [0.29, 0.717) is 82.6 Å². The van der Waals surface area contributed by atoms with Crippen LogP contribution in [-0.2, 0) is 20.7 Å². The van der Waals surface area contributed by atoms with E-state index in [-0.39, 0.29) is 23.9 Å². The highest BCUT2D eigenvalue weighted by Gasteiger charge is 2.30. The summed E-state index contributed by atoms with van der Waals surface area (Å²) in [5, 5.41) is 7.57. The van der Waals surface area contributed by atoms with E-state index in [1.54, 1.807) is 12.3 Å². The van der Waals surface area contributed by atoms with E-state index in [1.165, 1.54) is 26.4 Å². The number of aryl methyl sites for hydroxylation is 1. The van der Waals surface area contributed by atoms with Crippen LogP contribution in [-0.4, -0.2) is 113 Å². The van der Waals surface area contributed by atoms with Crippen molar-refractivity contribution < 1.29 is 23.8 Å². The number of hydrogen-bond acceptors (Lipinski definition) is 10. The first-order valence-electron chi connectivity index (χ1n) is 15.9. The predicted molar refractivity (Wildman–Crippen MR) is 189 cm³/mol. The molecule has 258 valence electrons. The second kappa shape index (κ2) is 15.0. The first-order valence-corrected chi connectivity index (χ1v) is 16.7. The first-order chi connectivity index (χ1) is 23.7. The number of nitrogens with one attached hydrogen (secondary N) is 2. The van der Waals surface area contributed by atoms with E-state index in [0.717, 1.165) is 37.1 Å². The quantitative estimate of drug-likeness (QED) is 0.208. The molecule has 49 heavy (non-hydrogen) atoms. The number of piperazine rings is 1. The fourth-order valence-corrected chi connectivity index (χ4v) is 6.93. The van der Waals surface area contributed by atoms with E-state index in [2.05, 4.69) is 33.7 Å². The molecule has 0 bridgehead atoms. The van der Waals surface area contributed by atoms with Crippen LogP contribution >= 0.6 is 23.2 Å². The van der Waals surface area contributed by atoms with Crippen LogP contribution in [0.3, 0.4) is 0 Å². The van der Waals surface area contributed by atoms with Crippen LogP contribution < -0.4 is 20.1 Å². The van der Waals surface area contributed by atoms with Gasteiger partial charge in [-0.3, -0.25) is 18.9 Å². The topological polar surface area (TPSA) is 135 Å². The van der Waals surface area contributed by atoms with Gasteiger partial charge in [0.2, 0.25) is 17.8 Å². The molecule has 0 aliphatic carbocycles. The van der Waals surface area contributed by atoms with Gasteiger partial charge in [0.05, 0.1) is 55.3 Å². The van der Waals surface area contributed by atoms with Gasteiger partial charge in [0.1, 0.15) is 17.1 Å². The number of rotatable bonds is 12. The maximum Gasteiger partial charge on any atom is 0.246 e. The maximum atomic E-state index is 12.0. The number of methoxy groups -OCH3 is 2. The summed E-state index contributed by atoms with van der Waals surface area (Å²) in [6, 6.07) is 3.04. The van der Waals surface area contributed by atoms with Crippen LogP contribution in [0.15, 0.2) is 49.8 Å². The first kappa shape index (κ1) is 34.4. The number of carbonyl (C=O) groups is 2. The molecule has 3 aromatic heterocycles. The Morgan fingerprint density at radius 1 is 1.00 bits per heavy atom. The Balaban J connectivity index is 1.35. The molecular weight excluding hydrogens is 671 g/mol. The van der Waals surface area contributed by atoms with E-state index in [1.807, 2.05) is 21.6 Å². The van der Waals surface area contributed by atoms with Gasteiger partial charge in [-0.25, -0.2) is 9.97 Å². The van der Waals surface area contributed by atoms with Gasteiger partial charge in [-0.05, 0) is 37.6 Å². The zero-order valence-corrected chi connectivity index (χ0v) is 28.9. The number of pyridine rings is 1. The smallest absolute Gasteiger partial charge is 0.246 e. The molecule has 2 N–H and O–H groups in total. The van der Waals surface area contributed by atoms with Gasteiger partial charge in [-0.1, -0.05) is 36.4 Å². The Kier molecular flexibility index (Phi) is 10.5. The minimum absolute atomic E-state index is 0.0285. The Labute approximate surface area is 293 Å². The van der Waals surface area contributed by atoms with Gasteiger partial charge in [0.15, 0.2) is 5.65 Å². The number of hydrogen-bond donors (Lipinski definition) is 2. The van der Waals surface area contributed by atoms with Crippen molar-refractivity contribution >= 4 is 57.6 Å². The van der Waals surface area contributed by atoms with Gasteiger partial charge in [0, 0.05) is 61.2 Å². The Morgan fingerprint density at radius 3 is 2.39 bits per heavy atom. The van der Waals surface area contributed by atoms with E-state index < -0.39 is 0 Å². The summed E-state index contributed by atoms with van der Waals surface area (Å²) in [5.41, 5.74) is 3.26. The van der Waals surface area contributed by atoms with E-state index in [4.69, 9.17) is 47.4 Å². The van der Waals surface area contributed by atoms with Crippen molar-refractivity contribution in [2.75, 3.05) is 65.5 Å². The molecule has 13 nitrogen and oxygen atoms in total. The zero-order valence-electron chi connectivity index (χ0n) is 27.4. The Bertz CT molecular complexity index is 1880. The van der Waals surface area contributed by atoms with Crippen molar-refractivity contribution in [3.05, 3.63) is 65.6 Å². The van der Waals surface area contributed by atoms with Crippen molar-refractivity contribution in [2.24, 2.45) is 0 Å². The SMILES string of the molecule is C=CC(=O)N[C@H]1COC[C@H]1Nc1ncc2cc(-c3c(Cl)c(OC)cc(OC)c3Cl)c3nc(CCCN4CCN(C(=O)C=C)CC4)cn3c2n1. The molecule has 5 heterocycles. The predicted octanol–water partition coefficient (Wildman–Crippen LogP) is 4.01. The van der Waals surface area contributed by atoms with Crippen molar-refractivity contribution in [1.82, 2.24) is 34.5 Å². The number of ether oxygens (including phenoxy) is 3. The lowest BCUT2D eigenvalue weighted by atomic mass is 10.0. The summed E-state index contributed by atoms with van der Waals surface area (Å²) >= 11 is 13.8. The van der Waals surface area contributed by atoms with Gasteiger partial charge in [-0.15, -0.1) is 0 Å². The molecule has 2 aliphatic heterocycles. The third-order valence-electron chi connectivity index (χ3n) is 8.84. The molecule has 1 aromatic carbocycles. The fraction of sp³-hybridized carbons (Fsp3) is 0.382. The van der Waals surface area contributed by atoms with Crippen LogP contribution in [0.2, 0.25) is 10.0 Å². The molecule has 0 radical (unpaired) electrons. The van der Waals surface area contributed by atoms with Crippen LogP contribution in [0.1, 0.15) is 12.1 Å². The molecule has 0 unspecified atom stereocenters. The molecule has 2 amide bonds. The molecule has 4 aromatic rings. The number of amides is 2. The minimum atomic E-state index is -0.279. The number of imidazole rings is 1. The standard InChI is InChI=1S/C34H38Cl2N8O5/c1-5-27(45)39-23-18-49-19-24(23)40-34-37-16-20-14-22(29-30(35)25(47-3)15-26(48-4)31(29)36)33-38-21(17-44(33)32(20)41-34)8-7-9-42-10-12-43(13-11-42)28(46)6-2/h5-6,14-17,23-24H,1-2,7-13,18-19H2,3-4H3,(H,39,45)(H,37,40,41)/t23-,24+/m0/s1. The normalized spacial score (nSPS) is 18.1. The number of anilines is 1. The lowest BCUT2D eigenvalue weighted by Crippen LogP contribution is -2.48. The highest BCUT2D eigenvalue weighted by atomic mass is 35.5. The largest absolute Gasteiger partial charge is 0.495 e. The van der Waals surface area contributed by atoms with Gasteiger partial charge in [-0.2, -0.15) is 4.98 Å². The molecule has 2 aliphatic rings. The zero-order chi connectivity index (χ0) is 34.7. The van der Waals surface area contributed by atoms with Gasteiger partial charge >= 0.3 is 0 Å². The number of aromatic nitrogens is 4. The van der Waals surface area contributed by atoms with Crippen LogP contribution in [0.25, 0.3) is 27.8 Å². The average molecular weight is 710 g/mol. The van der Waals surface area contributed by atoms with E-state index >= 15 is 0 Å². The Morgan fingerprint density at radius 2 is 1.71 bits per heavy atom. The summed E-state index contributed by atoms with van der Waals surface area (Å²) in [5.74, 6) is 0.882. The summed E-state index contributed by atoms with van der Waals surface area (Å²) < 4.78 is 18.7. The third kappa shape index (κ3) is 7.16. The summed E-state index contributed by atoms with van der Waals surface area (Å²) in [6.45, 7) is 11.7. The number of benzene rings is 1. The van der Waals surface area contributed by atoms with Gasteiger partial charge in [0.25, 0.3) is 0 Å². The maximum absolute atomic E-state index is 12.0. The Hall–Kier alpha value is -4.43. The highest BCUT2D eigenvalue weighted by Crippen LogP contribution is 2.47. The molecular formula is C34H38Cl2N8O5. The van der Waals surface area contributed by atoms with Crippen LogP contribution in [0.4, 0.5) is 5.95 Å². The summed E-state index contributed by atoms with van der Waals surface area (Å²) in [7, 11) is 3.06. The second-order valence-corrected chi connectivity index (χ2v) is 12.6. The number of fused-ring (bicyclic) bond motifs is 3. The molecule has 6 rings (SSSR count). The van der Waals surface area contributed by atoms with Crippen molar-refractivity contribution in [2.45, 2.75) is 24.9 Å².